The SMILES string of the molecule is O=C(CCNS(=O)(=O)c1ccc2ccccc2c1)NCCc1ccc(OC(F)F)cc1. The molecule has 31 heavy (non-hydrogen) atoms. The van der Waals surface area contributed by atoms with E-state index < -0.39 is 16.6 Å². The Morgan fingerprint density at radius 1 is 0.935 bits per heavy atom. The van der Waals surface area contributed by atoms with Crippen LogP contribution in [0.15, 0.2) is 71.6 Å². The van der Waals surface area contributed by atoms with E-state index in [0.29, 0.717) is 13.0 Å². The molecule has 0 aliphatic carbocycles. The van der Waals surface area contributed by atoms with Gasteiger partial charge >= 0.3 is 6.61 Å². The number of sulfonamides is 1. The molecular formula is C22H22F2N2O4S. The maximum Gasteiger partial charge on any atom is 0.387 e. The number of alkyl halides is 2. The van der Waals surface area contributed by atoms with Crippen LogP contribution in [0.1, 0.15) is 12.0 Å². The van der Waals surface area contributed by atoms with E-state index in [-0.39, 0.29) is 29.5 Å². The lowest BCUT2D eigenvalue weighted by Crippen LogP contribution is -2.31. The van der Waals surface area contributed by atoms with Gasteiger partial charge in [0.05, 0.1) is 4.90 Å². The van der Waals surface area contributed by atoms with E-state index in [9.17, 15) is 22.0 Å². The number of benzene rings is 3. The predicted molar refractivity (Wildman–Crippen MR) is 114 cm³/mol. The van der Waals surface area contributed by atoms with E-state index in [2.05, 4.69) is 14.8 Å². The van der Waals surface area contributed by atoms with Crippen LogP contribution in [0.25, 0.3) is 10.8 Å². The molecule has 2 N–H and O–H groups in total. The van der Waals surface area contributed by atoms with Crippen LogP contribution in [-0.2, 0) is 21.2 Å². The molecule has 0 aliphatic rings. The van der Waals surface area contributed by atoms with Crippen LogP contribution in [0, 0.1) is 0 Å². The van der Waals surface area contributed by atoms with Crippen LogP contribution in [0.5, 0.6) is 5.75 Å². The molecule has 0 heterocycles. The van der Waals surface area contributed by atoms with Gasteiger partial charge in [-0.05, 0) is 47.0 Å². The summed E-state index contributed by atoms with van der Waals surface area (Å²) < 4.78 is 55.9. The summed E-state index contributed by atoms with van der Waals surface area (Å²) in [6.45, 7) is -2.56. The maximum absolute atomic E-state index is 12.5. The zero-order valence-corrected chi connectivity index (χ0v) is 17.4. The van der Waals surface area contributed by atoms with Crippen LogP contribution in [0.3, 0.4) is 0 Å². The topological polar surface area (TPSA) is 84.5 Å². The Labute approximate surface area is 179 Å². The smallest absolute Gasteiger partial charge is 0.387 e. The van der Waals surface area contributed by atoms with Crippen LogP contribution < -0.4 is 14.8 Å². The largest absolute Gasteiger partial charge is 0.435 e. The van der Waals surface area contributed by atoms with Gasteiger partial charge in [0.25, 0.3) is 0 Å². The number of hydrogen-bond acceptors (Lipinski definition) is 4. The van der Waals surface area contributed by atoms with Crippen LogP contribution >= 0.6 is 0 Å². The number of halogens is 2. The van der Waals surface area contributed by atoms with Crippen molar-refractivity contribution in [3.8, 4) is 5.75 Å². The molecule has 0 radical (unpaired) electrons. The van der Waals surface area contributed by atoms with Gasteiger partial charge in [0.1, 0.15) is 5.75 Å². The van der Waals surface area contributed by atoms with Crippen molar-refractivity contribution in [3.63, 3.8) is 0 Å². The fourth-order valence-electron chi connectivity index (χ4n) is 2.99. The lowest BCUT2D eigenvalue weighted by atomic mass is 10.1. The van der Waals surface area contributed by atoms with Gasteiger partial charge in [-0.3, -0.25) is 4.79 Å². The predicted octanol–water partition coefficient (Wildman–Crippen LogP) is 3.47. The Morgan fingerprint density at radius 2 is 1.65 bits per heavy atom. The molecule has 0 unspecified atom stereocenters. The molecule has 0 aliphatic heterocycles. The summed E-state index contributed by atoms with van der Waals surface area (Å²) in [6.07, 6.45) is 0.498. The van der Waals surface area contributed by atoms with Gasteiger partial charge in [0.15, 0.2) is 0 Å². The number of fused-ring (bicyclic) bond motifs is 1. The normalized spacial score (nSPS) is 11.6. The highest BCUT2D eigenvalue weighted by Gasteiger charge is 2.14. The first-order valence-corrected chi connectivity index (χ1v) is 11.1. The second kappa shape index (κ2) is 10.3. The van der Waals surface area contributed by atoms with Crippen molar-refractivity contribution < 1.29 is 26.7 Å². The first-order chi connectivity index (χ1) is 14.8. The third kappa shape index (κ3) is 6.73. The summed E-state index contributed by atoms with van der Waals surface area (Å²) in [6, 6.07) is 18.5. The fourth-order valence-corrected chi connectivity index (χ4v) is 4.06. The minimum atomic E-state index is -3.72. The van der Waals surface area contributed by atoms with Crippen molar-refractivity contribution in [3.05, 3.63) is 72.3 Å². The van der Waals surface area contributed by atoms with Gasteiger partial charge in [-0.1, -0.05) is 42.5 Å². The second-order valence-electron chi connectivity index (χ2n) is 6.78. The van der Waals surface area contributed by atoms with E-state index in [1.807, 2.05) is 24.3 Å². The highest BCUT2D eigenvalue weighted by Crippen LogP contribution is 2.19. The molecule has 0 aromatic heterocycles. The van der Waals surface area contributed by atoms with Gasteiger partial charge in [0.2, 0.25) is 15.9 Å². The quantitative estimate of drug-likeness (QED) is 0.498. The first-order valence-electron chi connectivity index (χ1n) is 9.62. The Hall–Kier alpha value is -3.04. The first kappa shape index (κ1) is 22.6. The Morgan fingerprint density at radius 3 is 2.35 bits per heavy atom. The number of rotatable bonds is 10. The zero-order valence-electron chi connectivity index (χ0n) is 16.6. The van der Waals surface area contributed by atoms with E-state index in [0.717, 1.165) is 16.3 Å². The van der Waals surface area contributed by atoms with Crippen molar-refractivity contribution in [1.29, 1.82) is 0 Å². The molecule has 0 saturated carbocycles. The minimum absolute atomic E-state index is 0.00597. The van der Waals surface area contributed by atoms with E-state index in [4.69, 9.17) is 0 Å². The molecule has 6 nitrogen and oxygen atoms in total. The zero-order chi connectivity index (χ0) is 22.3. The number of carbonyl (C=O) groups is 1. The minimum Gasteiger partial charge on any atom is -0.435 e. The molecule has 0 atom stereocenters. The number of ether oxygens (including phenoxy) is 1. The summed E-state index contributed by atoms with van der Waals surface area (Å²) in [7, 11) is -3.72. The lowest BCUT2D eigenvalue weighted by molar-refractivity contribution is -0.120. The summed E-state index contributed by atoms with van der Waals surface area (Å²) in [4.78, 5) is 12.1. The number of nitrogens with one attached hydrogen (secondary N) is 2. The number of hydrogen-bond donors (Lipinski definition) is 2. The molecule has 3 aromatic carbocycles. The fraction of sp³-hybridized carbons (Fsp3) is 0.227. The van der Waals surface area contributed by atoms with Crippen molar-refractivity contribution in [1.82, 2.24) is 10.0 Å². The van der Waals surface area contributed by atoms with E-state index in [1.54, 1.807) is 24.3 Å². The Bertz CT molecular complexity index is 1140. The van der Waals surface area contributed by atoms with Gasteiger partial charge in [-0.25, -0.2) is 13.1 Å². The van der Waals surface area contributed by atoms with Crippen molar-refractivity contribution >= 4 is 26.7 Å². The molecule has 164 valence electrons. The molecule has 3 aromatic rings. The number of amides is 1. The van der Waals surface area contributed by atoms with Crippen LogP contribution in [0.4, 0.5) is 8.78 Å². The number of carbonyl (C=O) groups excluding carboxylic acids is 1. The average molecular weight is 448 g/mol. The highest BCUT2D eigenvalue weighted by molar-refractivity contribution is 7.89. The van der Waals surface area contributed by atoms with Crippen molar-refractivity contribution in [2.24, 2.45) is 0 Å². The van der Waals surface area contributed by atoms with Gasteiger partial charge in [0, 0.05) is 19.5 Å². The lowest BCUT2D eigenvalue weighted by Gasteiger charge is -2.09. The van der Waals surface area contributed by atoms with Gasteiger partial charge < -0.3 is 10.1 Å². The summed E-state index contributed by atoms with van der Waals surface area (Å²) >= 11 is 0. The molecule has 0 spiro atoms. The monoisotopic (exact) mass is 448 g/mol. The van der Waals surface area contributed by atoms with Gasteiger partial charge in [-0.15, -0.1) is 0 Å². The van der Waals surface area contributed by atoms with Crippen LogP contribution in [0.2, 0.25) is 0 Å². The van der Waals surface area contributed by atoms with Crippen molar-refractivity contribution in [2.45, 2.75) is 24.3 Å². The molecule has 0 fully saturated rings. The molecule has 9 heteroatoms. The van der Waals surface area contributed by atoms with Gasteiger partial charge in [-0.2, -0.15) is 8.78 Å². The molecular weight excluding hydrogens is 426 g/mol. The van der Waals surface area contributed by atoms with E-state index in [1.165, 1.54) is 18.2 Å². The molecule has 3 rings (SSSR count). The summed E-state index contributed by atoms with van der Waals surface area (Å²) in [5.41, 5.74) is 0.846. The standard InChI is InChI=1S/C22H22F2N2O4S/c23-22(24)30-19-8-5-16(6-9-19)11-13-25-21(27)12-14-26-31(28,29)20-10-7-17-3-1-2-4-18(17)15-20/h1-10,15,22,26H,11-14H2,(H,25,27). The molecule has 0 saturated heterocycles. The average Bonchev–Trinajstić information content (AvgIpc) is 2.74. The third-order valence-corrected chi connectivity index (χ3v) is 6.02. The Kier molecular flexibility index (Phi) is 7.54. The Balaban J connectivity index is 1.42. The maximum atomic E-state index is 12.5. The molecule has 0 bridgehead atoms. The summed E-state index contributed by atoms with van der Waals surface area (Å²) in [5.74, 6) is -0.222. The van der Waals surface area contributed by atoms with Crippen molar-refractivity contribution in [2.75, 3.05) is 13.1 Å². The highest BCUT2D eigenvalue weighted by atomic mass is 32.2. The summed E-state index contributed by atoms with van der Waals surface area (Å²) in [5, 5.41) is 4.46. The third-order valence-electron chi connectivity index (χ3n) is 4.56. The molecule has 1 amide bonds. The second-order valence-corrected chi connectivity index (χ2v) is 8.55. The van der Waals surface area contributed by atoms with Crippen LogP contribution in [-0.4, -0.2) is 34.0 Å². The van der Waals surface area contributed by atoms with E-state index >= 15 is 0 Å².